The second-order valence-corrected chi connectivity index (χ2v) is 8.66. The third kappa shape index (κ3) is 3.51. The minimum absolute atomic E-state index is 0.190. The molecule has 1 aromatic carbocycles. The van der Waals surface area contributed by atoms with Crippen LogP contribution in [0, 0.1) is 0 Å². The van der Waals surface area contributed by atoms with E-state index >= 15 is 0 Å². The van der Waals surface area contributed by atoms with E-state index in [2.05, 4.69) is 15.5 Å². The number of hydrogen-bond donors (Lipinski definition) is 1. The maximum atomic E-state index is 12.5. The average molecular weight is 406 g/mol. The summed E-state index contributed by atoms with van der Waals surface area (Å²) in [5, 5.41) is 7.15. The maximum absolute atomic E-state index is 12.5. The van der Waals surface area contributed by atoms with E-state index in [9.17, 15) is 26.4 Å². The van der Waals surface area contributed by atoms with Crippen LogP contribution in [0.15, 0.2) is 18.2 Å². The summed E-state index contributed by atoms with van der Waals surface area (Å²) in [5.74, 6) is -0.650. The van der Waals surface area contributed by atoms with Crippen LogP contribution in [-0.4, -0.2) is 36.8 Å². The lowest BCUT2D eigenvalue weighted by Crippen LogP contribution is -2.34. The van der Waals surface area contributed by atoms with Crippen LogP contribution in [0.4, 0.5) is 24.0 Å². The van der Waals surface area contributed by atoms with Crippen LogP contribution in [0.5, 0.6) is 0 Å². The highest BCUT2D eigenvalue weighted by Crippen LogP contribution is 2.35. The van der Waals surface area contributed by atoms with Gasteiger partial charge in [0.05, 0.1) is 11.9 Å². The molecule has 0 bridgehead atoms. The minimum Gasteiger partial charge on any atom is -0.296 e. The Balaban J connectivity index is 1.82. The smallest absolute Gasteiger partial charge is 0.296 e. The molecule has 7 nitrogen and oxygen atoms in total. The van der Waals surface area contributed by atoms with Crippen LogP contribution in [-0.2, 0) is 22.6 Å². The highest BCUT2D eigenvalue weighted by atomic mass is 32.2. The van der Waals surface area contributed by atoms with Gasteiger partial charge in [-0.15, -0.1) is 10.2 Å². The van der Waals surface area contributed by atoms with Gasteiger partial charge in [-0.3, -0.25) is 14.4 Å². The number of nitrogens with zero attached hydrogens (tertiary/aromatic N) is 3. The zero-order chi connectivity index (χ0) is 19.3. The van der Waals surface area contributed by atoms with E-state index in [1.165, 1.54) is 22.5 Å². The van der Waals surface area contributed by atoms with Gasteiger partial charge < -0.3 is 0 Å². The van der Waals surface area contributed by atoms with Crippen molar-refractivity contribution >= 4 is 38.1 Å². The number of benzene rings is 1. The number of nitrogens with one attached hydrogen (secondary N) is 1. The second kappa shape index (κ2) is 6.20. The number of amides is 1. The van der Waals surface area contributed by atoms with E-state index in [1.54, 1.807) is 6.92 Å². The summed E-state index contributed by atoms with van der Waals surface area (Å²) in [7, 11) is -3.45. The number of fused-ring (bicyclic) bond motifs is 1. The van der Waals surface area contributed by atoms with Crippen LogP contribution in [0.2, 0.25) is 0 Å². The number of hydrogen-bond acceptors (Lipinski definition) is 6. The molecule has 0 radical (unpaired) electrons. The van der Waals surface area contributed by atoms with Gasteiger partial charge in [0, 0.05) is 11.6 Å². The van der Waals surface area contributed by atoms with Gasteiger partial charge in [0.15, 0.2) is 0 Å². The highest BCUT2D eigenvalue weighted by molar-refractivity contribution is 7.92. The van der Waals surface area contributed by atoms with Crippen LogP contribution >= 0.6 is 11.3 Å². The van der Waals surface area contributed by atoms with Crippen molar-refractivity contribution in [2.24, 2.45) is 0 Å². The van der Waals surface area contributed by atoms with Crippen molar-refractivity contribution in [1.29, 1.82) is 0 Å². The molecule has 3 rings (SSSR count). The third-order valence-corrected chi connectivity index (χ3v) is 5.89. The number of anilines is 2. The third-order valence-electron chi connectivity index (χ3n) is 3.74. The molecule has 140 valence electrons. The van der Waals surface area contributed by atoms with Gasteiger partial charge in [-0.05, 0) is 37.1 Å². The average Bonchev–Trinajstić information content (AvgIpc) is 3.08. The van der Waals surface area contributed by atoms with Crippen LogP contribution in [0.25, 0.3) is 0 Å². The molecule has 1 aliphatic rings. The van der Waals surface area contributed by atoms with Crippen LogP contribution in [0.3, 0.4) is 0 Å². The summed E-state index contributed by atoms with van der Waals surface area (Å²) in [4.78, 5) is 12.2. The van der Waals surface area contributed by atoms with E-state index in [-0.39, 0.29) is 28.1 Å². The Bertz CT molecular complexity index is 972. The molecular formula is C14H13F3N4O3S2. The second-order valence-electron chi connectivity index (χ2n) is 5.82. The molecule has 1 aliphatic heterocycles. The number of alkyl halides is 3. The fourth-order valence-corrected chi connectivity index (χ4v) is 4.68. The van der Waals surface area contributed by atoms with Crippen molar-refractivity contribution in [3.05, 3.63) is 34.3 Å². The molecular weight excluding hydrogens is 393 g/mol. The molecule has 0 saturated heterocycles. The topological polar surface area (TPSA) is 92.3 Å². The summed E-state index contributed by atoms with van der Waals surface area (Å²) in [6.45, 7) is 1.75. The van der Waals surface area contributed by atoms with Gasteiger partial charge in [-0.2, -0.15) is 13.2 Å². The molecule has 2 aromatic rings. The number of halogens is 3. The fourth-order valence-electron chi connectivity index (χ4n) is 2.81. The lowest BCUT2D eigenvalue weighted by Gasteiger charge is -2.21. The van der Waals surface area contributed by atoms with Gasteiger partial charge in [0.1, 0.15) is 0 Å². The van der Waals surface area contributed by atoms with Gasteiger partial charge in [0.2, 0.25) is 20.2 Å². The highest BCUT2D eigenvalue weighted by Gasteiger charge is 2.36. The summed E-state index contributed by atoms with van der Waals surface area (Å²) in [6, 6.07) is 4.17. The first-order valence-electron chi connectivity index (χ1n) is 7.31. The molecule has 0 aliphatic carbocycles. The Morgan fingerprint density at radius 2 is 2.04 bits per heavy atom. The molecule has 1 atom stereocenters. The molecule has 0 spiro atoms. The standard InChI is InChI=1S/C14H13F3N4O3S2/c1-7-5-9-6-8(3-4-10(9)21(7)26(2,23)24)11(22)18-13-20-19-12(25-13)14(15,16)17/h3-4,6-7H,5H2,1-2H3,(H,18,20,22). The van der Waals surface area contributed by atoms with E-state index < -0.39 is 27.1 Å². The van der Waals surface area contributed by atoms with Gasteiger partial charge in [-0.25, -0.2) is 8.42 Å². The zero-order valence-corrected chi connectivity index (χ0v) is 15.2. The first-order chi connectivity index (χ1) is 12.0. The van der Waals surface area contributed by atoms with Crippen molar-refractivity contribution in [1.82, 2.24) is 10.2 Å². The molecule has 1 unspecified atom stereocenters. The predicted molar refractivity (Wildman–Crippen MR) is 89.8 cm³/mol. The van der Waals surface area contributed by atoms with Gasteiger partial charge in [-0.1, -0.05) is 11.3 Å². The van der Waals surface area contributed by atoms with Crippen molar-refractivity contribution in [3.63, 3.8) is 0 Å². The molecule has 1 aromatic heterocycles. The normalized spacial score (nSPS) is 17.3. The van der Waals surface area contributed by atoms with E-state index in [0.29, 0.717) is 17.7 Å². The molecule has 12 heteroatoms. The monoisotopic (exact) mass is 406 g/mol. The molecule has 1 N–H and O–H groups in total. The molecule has 26 heavy (non-hydrogen) atoms. The lowest BCUT2D eigenvalue weighted by atomic mass is 10.1. The van der Waals surface area contributed by atoms with Crippen molar-refractivity contribution in [2.75, 3.05) is 15.9 Å². The Kier molecular flexibility index (Phi) is 4.43. The van der Waals surface area contributed by atoms with E-state index in [1.807, 2.05) is 0 Å². The first kappa shape index (κ1) is 18.6. The molecule has 0 fully saturated rings. The summed E-state index contributed by atoms with van der Waals surface area (Å²) in [6.07, 6.45) is -3.09. The van der Waals surface area contributed by atoms with Gasteiger partial charge >= 0.3 is 6.18 Å². The lowest BCUT2D eigenvalue weighted by molar-refractivity contribution is -0.138. The summed E-state index contributed by atoms with van der Waals surface area (Å²) in [5.41, 5.74) is 1.35. The van der Waals surface area contributed by atoms with Crippen molar-refractivity contribution in [2.45, 2.75) is 25.6 Å². The Morgan fingerprint density at radius 3 is 2.62 bits per heavy atom. The van der Waals surface area contributed by atoms with Crippen LogP contribution < -0.4 is 9.62 Å². The van der Waals surface area contributed by atoms with E-state index in [0.717, 1.165) is 6.26 Å². The quantitative estimate of drug-likeness (QED) is 0.846. The molecule has 2 heterocycles. The predicted octanol–water partition coefficient (Wildman–Crippen LogP) is 2.52. The number of rotatable bonds is 3. The maximum Gasteiger partial charge on any atom is 0.445 e. The van der Waals surface area contributed by atoms with Crippen molar-refractivity contribution < 1.29 is 26.4 Å². The Hall–Kier alpha value is -2.21. The van der Waals surface area contributed by atoms with Crippen molar-refractivity contribution in [3.8, 4) is 0 Å². The van der Waals surface area contributed by atoms with E-state index in [4.69, 9.17) is 0 Å². The number of carbonyl (C=O) groups is 1. The first-order valence-corrected chi connectivity index (χ1v) is 9.97. The molecule has 0 saturated carbocycles. The number of carbonyl (C=O) groups excluding carboxylic acids is 1. The number of aromatic nitrogens is 2. The van der Waals surface area contributed by atoms with Crippen LogP contribution in [0.1, 0.15) is 27.9 Å². The summed E-state index contributed by atoms with van der Waals surface area (Å²) < 4.78 is 62.6. The largest absolute Gasteiger partial charge is 0.445 e. The fraction of sp³-hybridized carbons (Fsp3) is 0.357. The zero-order valence-electron chi connectivity index (χ0n) is 13.5. The number of sulfonamides is 1. The summed E-state index contributed by atoms with van der Waals surface area (Å²) >= 11 is 0.226. The Labute approximate surface area is 150 Å². The SMILES string of the molecule is CC1Cc2cc(C(=O)Nc3nnc(C(F)(F)F)s3)ccc2N1S(C)(=O)=O. The minimum atomic E-state index is -4.63. The van der Waals surface area contributed by atoms with Gasteiger partial charge in [0.25, 0.3) is 5.91 Å². The molecule has 1 amide bonds. The Morgan fingerprint density at radius 1 is 1.35 bits per heavy atom.